The van der Waals surface area contributed by atoms with E-state index >= 15 is 0 Å². The second-order valence-corrected chi connectivity index (χ2v) is 7.36. The van der Waals surface area contributed by atoms with Crippen molar-refractivity contribution in [2.45, 2.75) is 53.8 Å². The van der Waals surface area contributed by atoms with Crippen molar-refractivity contribution in [2.75, 3.05) is 20.2 Å². The van der Waals surface area contributed by atoms with Gasteiger partial charge >= 0.3 is 0 Å². The molecule has 0 aromatic heterocycles. The molecular formula is C24H33NO5. The average molecular weight is 416 g/mol. The first-order chi connectivity index (χ1) is 14.3. The number of ether oxygens (including phenoxy) is 4. The number of hydrogen-bond acceptors (Lipinski definition) is 5. The minimum atomic E-state index is -0.156. The van der Waals surface area contributed by atoms with E-state index in [2.05, 4.69) is 0 Å². The number of para-hydroxylation sites is 2. The molecule has 1 amide bonds. The van der Waals surface area contributed by atoms with Gasteiger partial charge in [0.1, 0.15) is 22.8 Å². The molecule has 2 rings (SSSR count). The predicted octanol–water partition coefficient (Wildman–Crippen LogP) is 5.54. The SMILES string of the molecule is CCN(CC)C(=O)c1c(Oc2ccccc2OC)cc(OC(C)C)cc1OC(C)C. The van der Waals surface area contributed by atoms with Gasteiger partial charge < -0.3 is 23.8 Å². The quantitative estimate of drug-likeness (QED) is 0.510. The fourth-order valence-electron chi connectivity index (χ4n) is 3.03. The number of methoxy groups -OCH3 is 1. The molecule has 0 bridgehead atoms. The van der Waals surface area contributed by atoms with Gasteiger partial charge in [0.2, 0.25) is 0 Å². The van der Waals surface area contributed by atoms with E-state index < -0.39 is 0 Å². The number of hydrogen-bond donors (Lipinski definition) is 0. The van der Waals surface area contributed by atoms with Crippen LogP contribution in [0, 0.1) is 0 Å². The highest BCUT2D eigenvalue weighted by molar-refractivity contribution is 6.00. The normalized spacial score (nSPS) is 10.8. The topological polar surface area (TPSA) is 57.2 Å². The highest BCUT2D eigenvalue weighted by Gasteiger charge is 2.26. The molecular weight excluding hydrogens is 382 g/mol. The Bertz CT molecular complexity index is 843. The Hall–Kier alpha value is -2.89. The van der Waals surface area contributed by atoms with Crippen molar-refractivity contribution >= 4 is 5.91 Å². The molecule has 0 fully saturated rings. The van der Waals surface area contributed by atoms with Crippen LogP contribution in [0.15, 0.2) is 36.4 Å². The minimum absolute atomic E-state index is 0.0413. The summed E-state index contributed by atoms with van der Waals surface area (Å²) >= 11 is 0. The van der Waals surface area contributed by atoms with E-state index in [9.17, 15) is 4.79 Å². The molecule has 0 radical (unpaired) electrons. The van der Waals surface area contributed by atoms with Gasteiger partial charge in [0.15, 0.2) is 11.5 Å². The molecule has 0 heterocycles. The molecule has 164 valence electrons. The van der Waals surface area contributed by atoms with Gasteiger partial charge in [0.05, 0.1) is 19.3 Å². The Morgan fingerprint density at radius 1 is 0.867 bits per heavy atom. The fourth-order valence-corrected chi connectivity index (χ4v) is 3.03. The van der Waals surface area contributed by atoms with Gasteiger partial charge in [-0.3, -0.25) is 4.79 Å². The van der Waals surface area contributed by atoms with Gasteiger partial charge in [-0.05, 0) is 53.7 Å². The van der Waals surface area contributed by atoms with Crippen molar-refractivity contribution in [1.29, 1.82) is 0 Å². The monoisotopic (exact) mass is 415 g/mol. The molecule has 0 spiro atoms. The first-order valence-electron chi connectivity index (χ1n) is 10.4. The fraction of sp³-hybridized carbons (Fsp3) is 0.458. The van der Waals surface area contributed by atoms with Crippen LogP contribution in [0.1, 0.15) is 51.9 Å². The van der Waals surface area contributed by atoms with Crippen molar-refractivity contribution in [1.82, 2.24) is 4.90 Å². The van der Waals surface area contributed by atoms with Crippen LogP contribution in [0.25, 0.3) is 0 Å². The molecule has 0 N–H and O–H groups in total. The van der Waals surface area contributed by atoms with Gasteiger partial charge in [-0.15, -0.1) is 0 Å². The Balaban J connectivity index is 2.68. The van der Waals surface area contributed by atoms with E-state index in [4.69, 9.17) is 18.9 Å². The van der Waals surface area contributed by atoms with E-state index in [0.29, 0.717) is 47.4 Å². The molecule has 0 aliphatic carbocycles. The van der Waals surface area contributed by atoms with Crippen LogP contribution in [-0.4, -0.2) is 43.2 Å². The van der Waals surface area contributed by atoms with Crippen molar-refractivity contribution in [3.8, 4) is 28.7 Å². The van der Waals surface area contributed by atoms with Crippen molar-refractivity contribution in [3.05, 3.63) is 42.0 Å². The smallest absolute Gasteiger partial charge is 0.261 e. The minimum Gasteiger partial charge on any atom is -0.493 e. The maximum Gasteiger partial charge on any atom is 0.261 e. The maximum absolute atomic E-state index is 13.4. The summed E-state index contributed by atoms with van der Waals surface area (Å²) in [6, 6.07) is 10.8. The summed E-state index contributed by atoms with van der Waals surface area (Å²) in [6.45, 7) is 12.8. The van der Waals surface area contributed by atoms with Crippen LogP contribution in [-0.2, 0) is 0 Å². The third-order valence-electron chi connectivity index (χ3n) is 4.33. The van der Waals surface area contributed by atoms with E-state index in [1.807, 2.05) is 53.7 Å². The lowest BCUT2D eigenvalue weighted by Crippen LogP contribution is -2.31. The summed E-state index contributed by atoms with van der Waals surface area (Å²) in [5.74, 6) is 2.29. The lowest BCUT2D eigenvalue weighted by atomic mass is 10.1. The zero-order chi connectivity index (χ0) is 22.3. The zero-order valence-corrected chi connectivity index (χ0v) is 19.0. The van der Waals surface area contributed by atoms with Gasteiger partial charge in [0, 0.05) is 25.2 Å². The largest absolute Gasteiger partial charge is 0.493 e. The predicted molar refractivity (Wildman–Crippen MR) is 118 cm³/mol. The molecule has 2 aromatic carbocycles. The molecule has 6 nitrogen and oxygen atoms in total. The van der Waals surface area contributed by atoms with E-state index in [1.165, 1.54) is 0 Å². The summed E-state index contributed by atoms with van der Waals surface area (Å²) in [5.41, 5.74) is 0.370. The van der Waals surface area contributed by atoms with Gasteiger partial charge in [-0.1, -0.05) is 12.1 Å². The number of carbonyl (C=O) groups excluding carboxylic acids is 1. The molecule has 2 aromatic rings. The number of nitrogens with zero attached hydrogens (tertiary/aromatic N) is 1. The lowest BCUT2D eigenvalue weighted by molar-refractivity contribution is 0.0763. The number of rotatable bonds is 10. The molecule has 0 aliphatic rings. The molecule has 0 unspecified atom stereocenters. The Kier molecular flexibility index (Phi) is 8.39. The van der Waals surface area contributed by atoms with Crippen molar-refractivity contribution in [3.63, 3.8) is 0 Å². The van der Waals surface area contributed by atoms with Crippen LogP contribution in [0.2, 0.25) is 0 Å². The highest BCUT2D eigenvalue weighted by atomic mass is 16.5. The zero-order valence-electron chi connectivity index (χ0n) is 19.0. The molecule has 0 atom stereocenters. The summed E-state index contributed by atoms with van der Waals surface area (Å²) in [5, 5.41) is 0. The molecule has 6 heteroatoms. The Morgan fingerprint density at radius 3 is 1.97 bits per heavy atom. The standard InChI is InChI=1S/C24H33NO5/c1-8-25(9-2)24(26)23-21(29-17(5)6)14-18(28-16(3)4)15-22(23)30-20-13-11-10-12-19(20)27-7/h10-17H,8-9H2,1-7H3. The first-order valence-corrected chi connectivity index (χ1v) is 10.4. The van der Waals surface area contributed by atoms with Crippen LogP contribution >= 0.6 is 0 Å². The highest BCUT2D eigenvalue weighted by Crippen LogP contribution is 2.40. The van der Waals surface area contributed by atoms with Crippen LogP contribution in [0.4, 0.5) is 0 Å². The van der Waals surface area contributed by atoms with Crippen LogP contribution in [0.5, 0.6) is 28.7 Å². The third-order valence-corrected chi connectivity index (χ3v) is 4.33. The molecule has 30 heavy (non-hydrogen) atoms. The van der Waals surface area contributed by atoms with E-state index in [1.54, 1.807) is 36.3 Å². The third kappa shape index (κ3) is 5.81. The number of benzene rings is 2. The number of amides is 1. The number of carbonyl (C=O) groups is 1. The Labute approximate surface area is 179 Å². The van der Waals surface area contributed by atoms with Gasteiger partial charge in [-0.25, -0.2) is 0 Å². The second kappa shape index (κ2) is 10.8. The average Bonchev–Trinajstić information content (AvgIpc) is 2.68. The van der Waals surface area contributed by atoms with Gasteiger partial charge in [0.25, 0.3) is 5.91 Å². The van der Waals surface area contributed by atoms with Crippen LogP contribution < -0.4 is 18.9 Å². The summed E-state index contributed by atoms with van der Waals surface area (Å²) in [4.78, 5) is 15.1. The Morgan fingerprint density at radius 2 is 1.43 bits per heavy atom. The molecule has 0 saturated carbocycles. The first kappa shape index (κ1) is 23.4. The summed E-state index contributed by atoms with van der Waals surface area (Å²) in [7, 11) is 1.58. The van der Waals surface area contributed by atoms with Crippen LogP contribution in [0.3, 0.4) is 0 Å². The van der Waals surface area contributed by atoms with Gasteiger partial charge in [-0.2, -0.15) is 0 Å². The van der Waals surface area contributed by atoms with Crippen molar-refractivity contribution in [2.24, 2.45) is 0 Å². The molecule has 0 aliphatic heterocycles. The second-order valence-electron chi connectivity index (χ2n) is 7.36. The molecule has 0 saturated heterocycles. The summed E-state index contributed by atoms with van der Waals surface area (Å²) in [6.07, 6.45) is -0.165. The van der Waals surface area contributed by atoms with Crippen molar-refractivity contribution < 1.29 is 23.7 Å². The maximum atomic E-state index is 13.4. The van der Waals surface area contributed by atoms with E-state index in [0.717, 1.165) is 0 Å². The summed E-state index contributed by atoms with van der Waals surface area (Å²) < 4.78 is 23.5. The van der Waals surface area contributed by atoms with E-state index in [-0.39, 0.29) is 18.1 Å². The lowest BCUT2D eigenvalue weighted by Gasteiger charge is -2.24.